The highest BCUT2D eigenvalue weighted by atomic mass is 79.9. The van der Waals surface area contributed by atoms with Crippen molar-refractivity contribution in [3.63, 3.8) is 0 Å². The van der Waals surface area contributed by atoms with Gasteiger partial charge in [-0.3, -0.25) is 19.1 Å². The Hall–Kier alpha value is -1.96. The summed E-state index contributed by atoms with van der Waals surface area (Å²) in [7, 11) is 2.11. The number of ether oxygens (including phenoxy) is 1. The highest BCUT2D eigenvalue weighted by Crippen LogP contribution is 2.45. The number of aromatic nitrogens is 1. The van der Waals surface area contributed by atoms with Crippen LogP contribution in [0.2, 0.25) is 0 Å². The quantitative estimate of drug-likeness (QED) is 0.614. The van der Waals surface area contributed by atoms with Gasteiger partial charge in [-0.15, -0.1) is 0 Å². The third-order valence-corrected chi connectivity index (χ3v) is 8.51. The first-order valence-electron chi connectivity index (χ1n) is 12.1. The van der Waals surface area contributed by atoms with Crippen LogP contribution in [0.3, 0.4) is 0 Å². The van der Waals surface area contributed by atoms with Gasteiger partial charge in [0.15, 0.2) is 0 Å². The molecule has 1 saturated heterocycles. The Balaban J connectivity index is 1.61. The third kappa shape index (κ3) is 3.69. The number of carbonyl (C=O) groups excluding carboxylic acids is 2. The first-order valence-corrected chi connectivity index (χ1v) is 12.9. The summed E-state index contributed by atoms with van der Waals surface area (Å²) >= 11 is 3.81. The molecule has 3 heterocycles. The smallest absolute Gasteiger partial charge is 0.235 e. The van der Waals surface area contributed by atoms with Crippen molar-refractivity contribution in [2.75, 3.05) is 39.9 Å². The van der Waals surface area contributed by atoms with Crippen LogP contribution in [-0.2, 0) is 16.0 Å². The molecule has 1 aliphatic carbocycles. The van der Waals surface area contributed by atoms with Crippen molar-refractivity contribution in [2.24, 2.45) is 11.8 Å². The summed E-state index contributed by atoms with van der Waals surface area (Å²) in [5, 5.41) is 1.15. The van der Waals surface area contributed by atoms with Crippen molar-refractivity contribution >= 4 is 44.2 Å². The summed E-state index contributed by atoms with van der Waals surface area (Å²) in [5.74, 6) is 0.195. The van der Waals surface area contributed by atoms with E-state index in [1.807, 2.05) is 29.4 Å². The lowest BCUT2D eigenvalue weighted by molar-refractivity contribution is -0.134. The molecule has 0 unspecified atom stereocenters. The molecule has 0 radical (unpaired) electrons. The van der Waals surface area contributed by atoms with Gasteiger partial charge in [-0.05, 0) is 78.9 Å². The van der Waals surface area contributed by atoms with Crippen LogP contribution in [0.4, 0.5) is 0 Å². The number of likely N-dealkylation sites (N-methyl/N-ethyl adjacent to an activating group) is 1. The van der Waals surface area contributed by atoms with Crippen LogP contribution in [0.25, 0.3) is 16.5 Å². The second-order valence-electron chi connectivity index (χ2n) is 9.43. The molecule has 1 aromatic carbocycles. The van der Waals surface area contributed by atoms with Gasteiger partial charge in [0, 0.05) is 50.2 Å². The summed E-state index contributed by atoms with van der Waals surface area (Å²) in [6, 6.07) is 6.45. The number of nitrogens with zero attached hydrogens (tertiary/aromatic N) is 3. The van der Waals surface area contributed by atoms with Gasteiger partial charge >= 0.3 is 0 Å². The van der Waals surface area contributed by atoms with Gasteiger partial charge < -0.3 is 9.64 Å². The van der Waals surface area contributed by atoms with Gasteiger partial charge in [0.05, 0.1) is 16.0 Å². The van der Waals surface area contributed by atoms with Crippen LogP contribution in [-0.4, -0.2) is 72.1 Å². The van der Waals surface area contributed by atoms with E-state index in [1.165, 1.54) is 11.1 Å². The number of carbonyl (C=O) groups is 2. The fourth-order valence-corrected chi connectivity index (χ4v) is 6.59. The topological polar surface area (TPSA) is 54.8 Å². The largest absolute Gasteiger partial charge is 0.381 e. The molecule has 2 atom stereocenters. The lowest BCUT2D eigenvalue weighted by Gasteiger charge is -2.40. The second-order valence-corrected chi connectivity index (χ2v) is 10.2. The van der Waals surface area contributed by atoms with Crippen molar-refractivity contribution in [3.8, 4) is 0 Å². The molecule has 0 saturated carbocycles. The van der Waals surface area contributed by atoms with E-state index in [2.05, 4.69) is 46.1 Å². The molecule has 1 aromatic heterocycles. The van der Waals surface area contributed by atoms with Crippen molar-refractivity contribution in [2.45, 2.75) is 39.2 Å². The second kappa shape index (κ2) is 9.01. The van der Waals surface area contributed by atoms with Gasteiger partial charge in [-0.2, -0.15) is 0 Å². The molecular weight excluding hydrogens is 482 g/mol. The molecule has 3 aliphatic rings. The zero-order valence-corrected chi connectivity index (χ0v) is 21.2. The summed E-state index contributed by atoms with van der Waals surface area (Å²) in [5.41, 5.74) is 4.53. The van der Waals surface area contributed by atoms with E-state index in [4.69, 9.17) is 4.74 Å². The van der Waals surface area contributed by atoms with Crippen LogP contribution >= 0.6 is 15.9 Å². The highest BCUT2D eigenvalue weighted by molar-refractivity contribution is 9.10. The summed E-state index contributed by atoms with van der Waals surface area (Å²) in [6.45, 7) is 7.53. The van der Waals surface area contributed by atoms with Crippen LogP contribution in [0.1, 0.15) is 42.6 Å². The lowest BCUT2D eigenvalue weighted by atomic mass is 9.79. The number of halogens is 1. The zero-order chi connectivity index (χ0) is 23.3. The molecule has 7 heteroatoms. The number of hydrogen-bond acceptors (Lipinski definition) is 4. The molecule has 0 spiro atoms. The number of amides is 1. The predicted octanol–water partition coefficient (Wildman–Crippen LogP) is 4.21. The molecule has 2 aromatic rings. The van der Waals surface area contributed by atoms with E-state index in [0.717, 1.165) is 53.4 Å². The molecule has 176 valence electrons. The molecule has 6 nitrogen and oxygen atoms in total. The van der Waals surface area contributed by atoms with Gasteiger partial charge in [0.1, 0.15) is 0 Å². The molecule has 33 heavy (non-hydrogen) atoms. The van der Waals surface area contributed by atoms with E-state index >= 15 is 0 Å². The van der Waals surface area contributed by atoms with E-state index < -0.39 is 0 Å². The van der Waals surface area contributed by atoms with E-state index in [0.29, 0.717) is 19.8 Å². The number of hydrogen-bond donors (Lipinski definition) is 0. The SMILES string of the molecule is CCN(CC)C(=O)[C@@H]1C=C2c3cccc4c3c(c(Br)n4C(=O)C3CCOCC3)C[C@H]2N(C)C1. The molecule has 1 amide bonds. The minimum absolute atomic E-state index is 0.0110. The van der Waals surface area contributed by atoms with Crippen molar-refractivity contribution in [1.29, 1.82) is 0 Å². The molecule has 2 aliphatic heterocycles. The number of rotatable bonds is 4. The van der Waals surface area contributed by atoms with Crippen molar-refractivity contribution < 1.29 is 14.3 Å². The van der Waals surface area contributed by atoms with E-state index in [-0.39, 0.29) is 29.7 Å². The lowest BCUT2D eigenvalue weighted by Crippen LogP contribution is -2.47. The number of fused-ring (bicyclic) bond motifs is 2. The highest BCUT2D eigenvalue weighted by Gasteiger charge is 2.39. The Bertz CT molecular complexity index is 1130. The summed E-state index contributed by atoms with van der Waals surface area (Å²) in [4.78, 5) is 31.0. The average molecular weight is 514 g/mol. The first kappa shape index (κ1) is 22.8. The average Bonchev–Trinajstić information content (AvgIpc) is 3.12. The predicted molar refractivity (Wildman–Crippen MR) is 133 cm³/mol. The van der Waals surface area contributed by atoms with Crippen molar-refractivity contribution in [1.82, 2.24) is 14.4 Å². The molecule has 1 fully saturated rings. The minimum atomic E-state index is -0.146. The fraction of sp³-hybridized carbons (Fsp3) is 0.538. The first-order chi connectivity index (χ1) is 16.0. The van der Waals surface area contributed by atoms with Gasteiger partial charge in [0.25, 0.3) is 0 Å². The molecule has 5 rings (SSSR count). The maximum absolute atomic E-state index is 13.6. The van der Waals surface area contributed by atoms with Gasteiger partial charge in [0.2, 0.25) is 11.8 Å². The van der Waals surface area contributed by atoms with Crippen LogP contribution in [0, 0.1) is 11.8 Å². The van der Waals surface area contributed by atoms with E-state index in [1.54, 1.807) is 0 Å². The standard InChI is InChI=1S/C26H32BrN3O3/c1-4-29(5-2)25(31)17-13-19-18-7-6-8-21-23(18)20(14-22(19)28(3)15-17)24(27)30(21)26(32)16-9-11-33-12-10-16/h6-8,13,16-17,22H,4-5,9-12,14-15H2,1-3H3/t17-,22-/m1/s1. The monoisotopic (exact) mass is 513 g/mol. The zero-order valence-electron chi connectivity index (χ0n) is 19.6. The molecule has 0 bridgehead atoms. The molecular formula is C26H32BrN3O3. The Morgan fingerprint density at radius 1 is 1.18 bits per heavy atom. The Labute approximate surface area is 203 Å². The van der Waals surface area contributed by atoms with Crippen LogP contribution < -0.4 is 0 Å². The fourth-order valence-electron chi connectivity index (χ4n) is 5.86. The van der Waals surface area contributed by atoms with Gasteiger partial charge in [-0.25, -0.2) is 0 Å². The number of benzene rings is 1. The van der Waals surface area contributed by atoms with Crippen molar-refractivity contribution in [3.05, 3.63) is 40.0 Å². The van der Waals surface area contributed by atoms with Crippen LogP contribution in [0.5, 0.6) is 0 Å². The Kier molecular flexibility index (Phi) is 6.23. The summed E-state index contributed by atoms with van der Waals surface area (Å²) < 4.78 is 8.25. The maximum Gasteiger partial charge on any atom is 0.235 e. The maximum atomic E-state index is 13.6. The van der Waals surface area contributed by atoms with Crippen LogP contribution in [0.15, 0.2) is 28.9 Å². The Morgan fingerprint density at radius 3 is 2.61 bits per heavy atom. The van der Waals surface area contributed by atoms with E-state index in [9.17, 15) is 9.59 Å². The van der Waals surface area contributed by atoms with Gasteiger partial charge in [-0.1, -0.05) is 18.2 Å². The minimum Gasteiger partial charge on any atom is -0.381 e. The Morgan fingerprint density at radius 2 is 1.91 bits per heavy atom. The third-order valence-electron chi connectivity index (χ3n) is 7.68. The summed E-state index contributed by atoms with van der Waals surface area (Å²) in [6.07, 6.45) is 4.57. The normalized spacial score (nSPS) is 23.3. The molecule has 0 N–H and O–H groups in total.